The summed E-state index contributed by atoms with van der Waals surface area (Å²) in [5.41, 5.74) is -0.792. The first-order chi connectivity index (χ1) is 12.1. The second-order valence-electron chi connectivity index (χ2n) is 6.44. The molecular formula is C18H21F3N2O3. The lowest BCUT2D eigenvalue weighted by Gasteiger charge is -2.26. The van der Waals surface area contributed by atoms with Gasteiger partial charge in [0.05, 0.1) is 29.7 Å². The number of aliphatic hydroxyl groups excluding tert-OH is 1. The molecule has 1 aromatic heterocycles. The van der Waals surface area contributed by atoms with E-state index in [0.717, 1.165) is 12.1 Å². The summed E-state index contributed by atoms with van der Waals surface area (Å²) in [7, 11) is 0. The highest BCUT2D eigenvalue weighted by Gasteiger charge is 2.34. The number of rotatable bonds is 6. The van der Waals surface area contributed by atoms with Crippen molar-refractivity contribution in [1.82, 2.24) is 9.78 Å². The van der Waals surface area contributed by atoms with Crippen LogP contribution < -0.4 is 0 Å². The van der Waals surface area contributed by atoms with Crippen molar-refractivity contribution in [2.45, 2.75) is 38.8 Å². The summed E-state index contributed by atoms with van der Waals surface area (Å²) in [6.45, 7) is 5.24. The molecule has 0 saturated carbocycles. The van der Waals surface area contributed by atoms with Gasteiger partial charge in [0.2, 0.25) is 0 Å². The number of nitrogens with zero attached hydrogens (tertiary/aromatic N) is 2. The lowest BCUT2D eigenvalue weighted by atomic mass is 9.83. The third-order valence-corrected chi connectivity index (χ3v) is 4.06. The van der Waals surface area contributed by atoms with Gasteiger partial charge in [-0.05, 0) is 31.5 Å². The summed E-state index contributed by atoms with van der Waals surface area (Å²) < 4.78 is 45.4. The van der Waals surface area contributed by atoms with E-state index in [-0.39, 0.29) is 24.5 Å². The van der Waals surface area contributed by atoms with Gasteiger partial charge in [0.25, 0.3) is 0 Å². The smallest absolute Gasteiger partial charge is 0.416 e. The summed E-state index contributed by atoms with van der Waals surface area (Å²) in [5, 5.41) is 13.5. The van der Waals surface area contributed by atoms with E-state index in [9.17, 15) is 23.1 Å². The molecule has 142 valence electrons. The Balaban J connectivity index is 2.65. The number of halogens is 3. The van der Waals surface area contributed by atoms with Gasteiger partial charge < -0.3 is 9.84 Å². The van der Waals surface area contributed by atoms with E-state index in [4.69, 9.17) is 4.74 Å². The maximum atomic E-state index is 13.0. The monoisotopic (exact) mass is 370 g/mol. The molecule has 0 aliphatic heterocycles. The van der Waals surface area contributed by atoms with E-state index in [2.05, 4.69) is 5.10 Å². The topological polar surface area (TPSA) is 64.3 Å². The van der Waals surface area contributed by atoms with Crippen LogP contribution in [0.5, 0.6) is 0 Å². The third-order valence-electron chi connectivity index (χ3n) is 4.06. The number of hydrogen-bond acceptors (Lipinski definition) is 4. The van der Waals surface area contributed by atoms with Crippen molar-refractivity contribution in [2.75, 3.05) is 13.2 Å². The van der Waals surface area contributed by atoms with Crippen molar-refractivity contribution in [1.29, 1.82) is 0 Å². The molecule has 5 nitrogen and oxygen atoms in total. The first-order valence-electron chi connectivity index (χ1n) is 8.16. The van der Waals surface area contributed by atoms with Gasteiger partial charge in [-0.2, -0.15) is 18.3 Å². The molecular weight excluding hydrogens is 349 g/mol. The average molecular weight is 370 g/mol. The first-order valence-corrected chi connectivity index (χ1v) is 8.16. The van der Waals surface area contributed by atoms with E-state index >= 15 is 0 Å². The third kappa shape index (κ3) is 4.07. The molecule has 26 heavy (non-hydrogen) atoms. The first kappa shape index (κ1) is 20.0. The zero-order valence-electron chi connectivity index (χ0n) is 14.8. The van der Waals surface area contributed by atoms with Gasteiger partial charge in [-0.15, -0.1) is 0 Å². The average Bonchev–Trinajstić information content (AvgIpc) is 3.00. The van der Waals surface area contributed by atoms with Crippen molar-refractivity contribution in [3.05, 3.63) is 47.3 Å². The summed E-state index contributed by atoms with van der Waals surface area (Å²) in [5.74, 6) is -0.605. The molecule has 0 saturated heterocycles. The minimum atomic E-state index is -4.49. The quantitative estimate of drug-likeness (QED) is 0.787. The molecule has 2 aromatic rings. The highest BCUT2D eigenvalue weighted by molar-refractivity contribution is 5.91. The molecule has 8 heteroatoms. The molecule has 1 aromatic carbocycles. The number of aliphatic hydroxyl groups is 1. The largest absolute Gasteiger partial charge is 0.462 e. The van der Waals surface area contributed by atoms with Crippen LogP contribution in [0.3, 0.4) is 0 Å². The Hall–Kier alpha value is -2.35. The highest BCUT2D eigenvalue weighted by atomic mass is 19.4. The van der Waals surface area contributed by atoms with Crippen LogP contribution in [0.2, 0.25) is 0 Å². The van der Waals surface area contributed by atoms with Crippen molar-refractivity contribution in [3.63, 3.8) is 0 Å². The maximum Gasteiger partial charge on any atom is 0.416 e. The molecule has 2 rings (SSSR count). The molecule has 1 heterocycles. The summed E-state index contributed by atoms with van der Waals surface area (Å²) in [6.07, 6.45) is -2.91. The van der Waals surface area contributed by atoms with Crippen molar-refractivity contribution < 1.29 is 27.8 Å². The summed E-state index contributed by atoms with van der Waals surface area (Å²) in [6, 6.07) is 4.71. The molecule has 0 atom stereocenters. The fourth-order valence-electron chi connectivity index (χ4n) is 2.77. The minimum absolute atomic E-state index is 0.150. The number of esters is 1. The zero-order valence-corrected chi connectivity index (χ0v) is 14.8. The second kappa shape index (κ2) is 7.49. The molecule has 0 aliphatic rings. The molecule has 0 aliphatic carbocycles. The second-order valence-corrected chi connectivity index (χ2v) is 6.44. The standard InChI is InChI=1S/C18H21F3N2O3/c1-4-26-16(25)14-11-22-23(15(14)17(2,3)8-9-24)13-7-5-6-12(10-13)18(19,20)21/h5-7,10-11,24H,4,8-9H2,1-3H3. The van der Waals surface area contributed by atoms with Gasteiger partial charge >= 0.3 is 12.1 Å². The number of ether oxygens (including phenoxy) is 1. The molecule has 0 bridgehead atoms. The van der Waals surface area contributed by atoms with Crippen molar-refractivity contribution in [2.24, 2.45) is 0 Å². The minimum Gasteiger partial charge on any atom is -0.462 e. The predicted octanol–water partition coefficient (Wildman–Crippen LogP) is 3.73. The Kier molecular flexibility index (Phi) is 5.75. The molecule has 0 unspecified atom stereocenters. The Bertz CT molecular complexity index is 782. The Labute approximate surface area is 149 Å². The summed E-state index contributed by atoms with van der Waals surface area (Å²) >= 11 is 0. The van der Waals surface area contributed by atoms with Crippen molar-refractivity contribution in [3.8, 4) is 5.69 Å². The lowest BCUT2D eigenvalue weighted by molar-refractivity contribution is -0.137. The fourth-order valence-corrected chi connectivity index (χ4v) is 2.77. The predicted molar refractivity (Wildman–Crippen MR) is 89.3 cm³/mol. The van der Waals surface area contributed by atoms with Crippen LogP contribution in [0.4, 0.5) is 13.2 Å². The fraction of sp³-hybridized carbons (Fsp3) is 0.444. The normalized spacial score (nSPS) is 12.3. The van der Waals surface area contributed by atoms with Crippen LogP contribution in [0, 0.1) is 0 Å². The van der Waals surface area contributed by atoms with E-state index < -0.39 is 23.1 Å². The van der Waals surface area contributed by atoms with Gasteiger partial charge in [0.1, 0.15) is 5.56 Å². The maximum absolute atomic E-state index is 13.0. The number of carbonyl (C=O) groups is 1. The number of carbonyl (C=O) groups excluding carboxylic acids is 1. The molecule has 0 fully saturated rings. The number of aromatic nitrogens is 2. The van der Waals surface area contributed by atoms with E-state index in [1.54, 1.807) is 20.8 Å². The SMILES string of the molecule is CCOC(=O)c1cnn(-c2cccc(C(F)(F)F)c2)c1C(C)(C)CCO. The van der Waals surface area contributed by atoms with E-state index in [1.165, 1.54) is 23.0 Å². The molecule has 0 spiro atoms. The molecule has 0 amide bonds. The van der Waals surface area contributed by atoms with Crippen LogP contribution in [0.1, 0.15) is 48.8 Å². The Morgan fingerprint density at radius 2 is 2.00 bits per heavy atom. The van der Waals surface area contributed by atoms with Crippen LogP contribution in [0.15, 0.2) is 30.5 Å². The van der Waals surface area contributed by atoms with Gasteiger partial charge in [-0.1, -0.05) is 19.9 Å². The van der Waals surface area contributed by atoms with E-state index in [0.29, 0.717) is 12.1 Å². The molecule has 1 N–H and O–H groups in total. The lowest BCUT2D eigenvalue weighted by Crippen LogP contribution is -2.26. The van der Waals surface area contributed by atoms with Gasteiger partial charge in [0, 0.05) is 12.0 Å². The molecule has 0 radical (unpaired) electrons. The van der Waals surface area contributed by atoms with Crippen LogP contribution in [0.25, 0.3) is 5.69 Å². The van der Waals surface area contributed by atoms with Crippen LogP contribution >= 0.6 is 0 Å². The number of benzene rings is 1. The zero-order chi connectivity index (χ0) is 19.5. The Morgan fingerprint density at radius 1 is 1.31 bits per heavy atom. The Morgan fingerprint density at radius 3 is 2.58 bits per heavy atom. The number of alkyl halides is 3. The van der Waals surface area contributed by atoms with Gasteiger partial charge in [-0.3, -0.25) is 0 Å². The van der Waals surface area contributed by atoms with Crippen LogP contribution in [-0.2, 0) is 16.3 Å². The van der Waals surface area contributed by atoms with Crippen LogP contribution in [-0.4, -0.2) is 34.1 Å². The summed E-state index contributed by atoms with van der Waals surface area (Å²) in [4.78, 5) is 12.3. The van der Waals surface area contributed by atoms with Gasteiger partial charge in [0.15, 0.2) is 0 Å². The highest BCUT2D eigenvalue weighted by Crippen LogP contribution is 2.34. The van der Waals surface area contributed by atoms with Gasteiger partial charge in [-0.25, -0.2) is 9.48 Å². The van der Waals surface area contributed by atoms with Crippen molar-refractivity contribution >= 4 is 5.97 Å². The van der Waals surface area contributed by atoms with E-state index in [1.807, 2.05) is 0 Å². The number of hydrogen-bond donors (Lipinski definition) is 1.